The Kier molecular flexibility index (Phi) is 3.85. The lowest BCUT2D eigenvalue weighted by Crippen LogP contribution is -2.40. The molecule has 0 spiro atoms. The Morgan fingerprint density at radius 3 is 2.79 bits per heavy atom. The van der Waals surface area contributed by atoms with Crippen LogP contribution in [0.3, 0.4) is 0 Å². The predicted octanol–water partition coefficient (Wildman–Crippen LogP) is 2.10. The molecule has 1 aliphatic rings. The van der Waals surface area contributed by atoms with E-state index in [0.29, 0.717) is 0 Å². The van der Waals surface area contributed by atoms with Crippen LogP contribution in [0.25, 0.3) is 0 Å². The molecule has 4 nitrogen and oxygen atoms in total. The van der Waals surface area contributed by atoms with Crippen LogP contribution < -0.4 is 5.32 Å². The molecule has 0 aromatic heterocycles. The van der Waals surface area contributed by atoms with Crippen molar-refractivity contribution in [1.82, 2.24) is 5.32 Å². The van der Waals surface area contributed by atoms with Gasteiger partial charge in [0.1, 0.15) is 0 Å². The van der Waals surface area contributed by atoms with Gasteiger partial charge in [-0.25, -0.2) is 0 Å². The van der Waals surface area contributed by atoms with Crippen LogP contribution in [-0.2, 0) is 9.59 Å². The summed E-state index contributed by atoms with van der Waals surface area (Å²) in [5.74, 6) is -0.454. The Balaban J connectivity index is 2.01. The highest BCUT2D eigenvalue weighted by Crippen LogP contribution is 2.39. The van der Waals surface area contributed by atoms with E-state index in [1.54, 1.807) is 25.6 Å². The average molecular weight is 279 g/mol. The van der Waals surface area contributed by atoms with E-state index < -0.39 is 11.4 Å². The van der Waals surface area contributed by atoms with Crippen molar-refractivity contribution < 1.29 is 14.7 Å². The monoisotopic (exact) mass is 279 g/mol. The number of thioether (sulfide) groups is 1. The van der Waals surface area contributed by atoms with Gasteiger partial charge in [0.2, 0.25) is 5.91 Å². The van der Waals surface area contributed by atoms with Gasteiger partial charge in [-0.3, -0.25) is 9.59 Å². The standard InChI is InChI=1S/C14H17NO3S/c1-14(2,13(17)18)8-15-12(16)10-7-19-11-6-4-3-5-9(10)11/h3-6,10H,7-8H2,1-2H3,(H,15,16)(H,17,18)/t10-/m0/s1. The van der Waals surface area contributed by atoms with E-state index in [2.05, 4.69) is 5.32 Å². The van der Waals surface area contributed by atoms with Crippen molar-refractivity contribution in [1.29, 1.82) is 0 Å². The Hall–Kier alpha value is -1.49. The lowest BCUT2D eigenvalue weighted by Gasteiger charge is -2.21. The van der Waals surface area contributed by atoms with Gasteiger partial charge in [-0.05, 0) is 25.5 Å². The molecule has 19 heavy (non-hydrogen) atoms. The van der Waals surface area contributed by atoms with E-state index in [9.17, 15) is 9.59 Å². The van der Waals surface area contributed by atoms with Crippen molar-refractivity contribution in [3.63, 3.8) is 0 Å². The molecule has 102 valence electrons. The third-order valence-corrected chi connectivity index (χ3v) is 4.48. The Morgan fingerprint density at radius 2 is 2.11 bits per heavy atom. The number of hydrogen-bond acceptors (Lipinski definition) is 3. The number of fused-ring (bicyclic) bond motifs is 1. The fraction of sp³-hybridized carbons (Fsp3) is 0.429. The van der Waals surface area contributed by atoms with Gasteiger partial charge in [0.15, 0.2) is 0 Å². The van der Waals surface area contributed by atoms with E-state index in [1.165, 1.54) is 0 Å². The number of carboxylic acids is 1. The first-order chi connectivity index (χ1) is 8.92. The van der Waals surface area contributed by atoms with Crippen LogP contribution in [0.5, 0.6) is 0 Å². The van der Waals surface area contributed by atoms with E-state index >= 15 is 0 Å². The maximum Gasteiger partial charge on any atom is 0.310 e. The molecule has 1 aliphatic heterocycles. The summed E-state index contributed by atoms with van der Waals surface area (Å²) < 4.78 is 0. The number of carbonyl (C=O) groups excluding carboxylic acids is 1. The maximum absolute atomic E-state index is 12.2. The average Bonchev–Trinajstić information content (AvgIpc) is 2.79. The molecule has 5 heteroatoms. The summed E-state index contributed by atoms with van der Waals surface area (Å²) >= 11 is 1.67. The first-order valence-corrected chi connectivity index (χ1v) is 7.13. The second-order valence-corrected chi connectivity index (χ2v) is 6.37. The zero-order chi connectivity index (χ0) is 14.0. The summed E-state index contributed by atoms with van der Waals surface area (Å²) in [7, 11) is 0. The van der Waals surface area contributed by atoms with Gasteiger partial charge in [-0.15, -0.1) is 11.8 Å². The van der Waals surface area contributed by atoms with Crippen LogP contribution >= 0.6 is 11.8 Å². The van der Waals surface area contributed by atoms with Crippen LogP contribution in [0.1, 0.15) is 25.3 Å². The molecule has 0 aliphatic carbocycles. The third-order valence-electron chi connectivity index (χ3n) is 3.30. The van der Waals surface area contributed by atoms with Gasteiger partial charge < -0.3 is 10.4 Å². The number of amides is 1. The lowest BCUT2D eigenvalue weighted by molar-refractivity contribution is -0.146. The number of aliphatic carboxylic acids is 1. The minimum absolute atomic E-state index is 0.0909. The normalized spacial score (nSPS) is 17.9. The van der Waals surface area contributed by atoms with Gasteiger partial charge in [0.05, 0.1) is 11.3 Å². The molecule has 1 heterocycles. The number of hydrogen-bond donors (Lipinski definition) is 2. The summed E-state index contributed by atoms with van der Waals surface area (Å²) in [5, 5.41) is 11.8. The number of benzene rings is 1. The second-order valence-electron chi connectivity index (χ2n) is 5.31. The highest BCUT2D eigenvalue weighted by molar-refractivity contribution is 7.99. The molecule has 0 fully saturated rings. The van der Waals surface area contributed by atoms with Crippen molar-refractivity contribution in [2.24, 2.45) is 5.41 Å². The largest absolute Gasteiger partial charge is 0.481 e. The van der Waals surface area contributed by atoms with Crippen LogP contribution in [0.15, 0.2) is 29.2 Å². The second kappa shape index (κ2) is 5.25. The van der Waals surface area contributed by atoms with Crippen LogP contribution in [0, 0.1) is 5.41 Å². The molecule has 2 rings (SSSR count). The highest BCUT2D eigenvalue weighted by atomic mass is 32.2. The zero-order valence-corrected chi connectivity index (χ0v) is 11.8. The van der Waals surface area contributed by atoms with Crippen molar-refractivity contribution in [2.75, 3.05) is 12.3 Å². The molecule has 2 N–H and O–H groups in total. The number of carbonyl (C=O) groups is 2. The van der Waals surface area contributed by atoms with E-state index in [0.717, 1.165) is 16.2 Å². The van der Waals surface area contributed by atoms with E-state index in [4.69, 9.17) is 5.11 Å². The molecule has 1 atom stereocenters. The van der Waals surface area contributed by atoms with Gasteiger partial charge in [-0.1, -0.05) is 18.2 Å². The molecule has 0 radical (unpaired) electrons. The summed E-state index contributed by atoms with van der Waals surface area (Å²) in [4.78, 5) is 24.3. The molecule has 0 bridgehead atoms. The van der Waals surface area contributed by atoms with Crippen LogP contribution in [-0.4, -0.2) is 29.3 Å². The molecular weight excluding hydrogens is 262 g/mol. The van der Waals surface area contributed by atoms with Crippen LogP contribution in [0.2, 0.25) is 0 Å². The SMILES string of the molecule is CC(C)(CNC(=O)[C@H]1CSc2ccccc21)C(=O)O. The number of rotatable bonds is 4. The van der Waals surface area contributed by atoms with E-state index in [1.807, 2.05) is 24.3 Å². The van der Waals surface area contributed by atoms with Crippen molar-refractivity contribution in [3.8, 4) is 0 Å². The Morgan fingerprint density at radius 1 is 1.42 bits per heavy atom. The number of carboxylic acid groups (broad SMARTS) is 1. The topological polar surface area (TPSA) is 66.4 Å². The number of nitrogens with one attached hydrogen (secondary N) is 1. The molecule has 1 aromatic rings. The Bertz CT molecular complexity index is 513. The van der Waals surface area contributed by atoms with Gasteiger partial charge in [0, 0.05) is 17.2 Å². The van der Waals surface area contributed by atoms with E-state index in [-0.39, 0.29) is 18.4 Å². The van der Waals surface area contributed by atoms with Gasteiger partial charge in [0.25, 0.3) is 0 Å². The summed E-state index contributed by atoms with van der Waals surface area (Å²) in [6.07, 6.45) is 0. The van der Waals surface area contributed by atoms with Gasteiger partial charge >= 0.3 is 5.97 Å². The first kappa shape index (κ1) is 13.9. The molecule has 0 saturated carbocycles. The van der Waals surface area contributed by atoms with Crippen molar-refractivity contribution >= 4 is 23.6 Å². The zero-order valence-electron chi connectivity index (χ0n) is 11.0. The summed E-state index contributed by atoms with van der Waals surface area (Å²) in [5.41, 5.74) is 0.0964. The van der Waals surface area contributed by atoms with Crippen molar-refractivity contribution in [2.45, 2.75) is 24.7 Å². The molecule has 0 saturated heterocycles. The third kappa shape index (κ3) is 2.92. The summed E-state index contributed by atoms with van der Waals surface area (Å²) in [6, 6.07) is 7.85. The minimum atomic E-state index is -0.944. The first-order valence-electron chi connectivity index (χ1n) is 6.14. The Labute approximate surface area is 116 Å². The van der Waals surface area contributed by atoms with Crippen molar-refractivity contribution in [3.05, 3.63) is 29.8 Å². The molecular formula is C14H17NO3S. The predicted molar refractivity (Wildman–Crippen MR) is 74.3 cm³/mol. The summed E-state index contributed by atoms with van der Waals surface area (Å²) in [6.45, 7) is 3.35. The molecule has 0 unspecified atom stereocenters. The smallest absolute Gasteiger partial charge is 0.310 e. The molecule has 1 aromatic carbocycles. The minimum Gasteiger partial charge on any atom is -0.481 e. The van der Waals surface area contributed by atoms with Gasteiger partial charge in [-0.2, -0.15) is 0 Å². The highest BCUT2D eigenvalue weighted by Gasteiger charge is 2.32. The quantitative estimate of drug-likeness (QED) is 0.886. The lowest BCUT2D eigenvalue weighted by atomic mass is 9.93. The fourth-order valence-electron chi connectivity index (χ4n) is 1.89. The maximum atomic E-state index is 12.2. The molecule has 1 amide bonds. The fourth-order valence-corrected chi connectivity index (χ4v) is 3.12. The van der Waals surface area contributed by atoms with Crippen LogP contribution in [0.4, 0.5) is 0 Å².